The number of carbonyl (C=O) groups is 1. The lowest BCUT2D eigenvalue weighted by atomic mass is 9.74. The fourth-order valence-electron chi connectivity index (χ4n) is 6.66. The number of halogens is 1. The lowest BCUT2D eigenvalue weighted by molar-refractivity contribution is -0.0558. The first-order valence-electron chi connectivity index (χ1n) is 14.7. The fourth-order valence-corrected chi connectivity index (χ4v) is 6.85. The number of carbonyl (C=O) groups excluding carboxylic acids is 1. The number of amides is 2. The maximum atomic E-state index is 13.4. The first-order chi connectivity index (χ1) is 17.5. The van der Waals surface area contributed by atoms with Crippen LogP contribution in [0.5, 0.6) is 0 Å². The normalized spacial score (nSPS) is 23.8. The second-order valence-corrected chi connectivity index (χ2v) is 12.3. The lowest BCUT2D eigenvalue weighted by Gasteiger charge is -2.43. The van der Waals surface area contributed by atoms with E-state index in [4.69, 9.17) is 11.6 Å². The Morgan fingerprint density at radius 3 is 2.64 bits per heavy atom. The van der Waals surface area contributed by atoms with E-state index in [1.165, 1.54) is 51.4 Å². The van der Waals surface area contributed by atoms with E-state index >= 15 is 0 Å². The molecule has 1 aliphatic heterocycles. The second kappa shape index (κ2) is 13.5. The Morgan fingerprint density at radius 2 is 1.92 bits per heavy atom. The Bertz CT molecular complexity index is 826. The van der Waals surface area contributed by atoms with Gasteiger partial charge in [0.05, 0.1) is 5.60 Å². The molecule has 0 radical (unpaired) electrons. The highest BCUT2D eigenvalue weighted by molar-refractivity contribution is 6.30. The molecule has 5 nitrogen and oxygen atoms in total. The van der Waals surface area contributed by atoms with Crippen molar-refractivity contribution in [3.05, 3.63) is 34.9 Å². The van der Waals surface area contributed by atoms with Crippen molar-refractivity contribution in [2.45, 2.75) is 102 Å². The van der Waals surface area contributed by atoms with Crippen LogP contribution < -0.4 is 10.6 Å². The summed E-state index contributed by atoms with van der Waals surface area (Å²) in [4.78, 5) is 15.4. The average molecular weight is 518 g/mol. The molecule has 1 heterocycles. The minimum absolute atomic E-state index is 0.0116. The highest BCUT2D eigenvalue weighted by atomic mass is 35.5. The van der Waals surface area contributed by atoms with Crippen LogP contribution in [-0.2, 0) is 5.60 Å². The number of aliphatic hydroxyl groups is 1. The third-order valence-electron chi connectivity index (χ3n) is 8.95. The third-order valence-corrected chi connectivity index (χ3v) is 9.18. The number of nitrogens with one attached hydrogen (secondary N) is 2. The van der Waals surface area contributed by atoms with Crippen LogP contribution in [-0.4, -0.2) is 48.8 Å². The quantitative estimate of drug-likeness (QED) is 0.278. The van der Waals surface area contributed by atoms with Gasteiger partial charge in [-0.3, -0.25) is 0 Å². The zero-order chi connectivity index (χ0) is 25.4. The highest BCUT2D eigenvalue weighted by Gasteiger charge is 2.41. The molecule has 3 aliphatic rings. The van der Waals surface area contributed by atoms with Crippen LogP contribution in [0, 0.1) is 17.8 Å². The monoisotopic (exact) mass is 517 g/mol. The molecule has 4 rings (SSSR count). The van der Waals surface area contributed by atoms with Crippen molar-refractivity contribution in [3.8, 4) is 0 Å². The molecule has 1 aromatic rings. The van der Waals surface area contributed by atoms with Crippen LogP contribution in [0.3, 0.4) is 0 Å². The van der Waals surface area contributed by atoms with Crippen LogP contribution in [0.25, 0.3) is 0 Å². The molecular weight excluding hydrogens is 470 g/mol. The van der Waals surface area contributed by atoms with E-state index in [1.807, 2.05) is 36.2 Å². The molecule has 3 atom stereocenters. The maximum Gasteiger partial charge on any atom is 0.317 e. The minimum atomic E-state index is -0.958. The van der Waals surface area contributed by atoms with Gasteiger partial charge in [-0.15, -0.1) is 0 Å². The molecule has 6 heteroatoms. The molecule has 1 saturated heterocycles. The summed E-state index contributed by atoms with van der Waals surface area (Å²) < 4.78 is 0. The van der Waals surface area contributed by atoms with Gasteiger partial charge in [-0.05, 0) is 62.3 Å². The molecule has 3 fully saturated rings. The Labute approximate surface area is 223 Å². The number of urea groups is 1. The Morgan fingerprint density at radius 1 is 1.11 bits per heavy atom. The number of benzene rings is 1. The van der Waals surface area contributed by atoms with E-state index in [-0.39, 0.29) is 18.0 Å². The number of hydrogen-bond acceptors (Lipinski definition) is 3. The highest BCUT2D eigenvalue weighted by Crippen LogP contribution is 2.41. The lowest BCUT2D eigenvalue weighted by Crippen LogP contribution is -2.54. The van der Waals surface area contributed by atoms with Crippen LogP contribution in [0.2, 0.25) is 5.02 Å². The Balaban J connectivity index is 1.40. The first kappa shape index (κ1) is 27.7. The summed E-state index contributed by atoms with van der Waals surface area (Å²) in [7, 11) is 1.96. The largest absolute Gasteiger partial charge is 0.385 e. The molecule has 0 spiro atoms. The number of unbranched alkanes of at least 4 members (excludes halogenated alkanes) is 1. The van der Waals surface area contributed by atoms with Crippen LogP contribution >= 0.6 is 11.6 Å². The van der Waals surface area contributed by atoms with Crippen LogP contribution in [0.1, 0.15) is 95.5 Å². The molecule has 0 aromatic heterocycles. The van der Waals surface area contributed by atoms with Gasteiger partial charge in [0.25, 0.3) is 0 Å². The number of piperidine rings is 1. The molecule has 2 amide bonds. The van der Waals surface area contributed by atoms with E-state index in [1.54, 1.807) is 0 Å². The first-order valence-corrected chi connectivity index (χ1v) is 15.0. The van der Waals surface area contributed by atoms with Crippen molar-refractivity contribution in [2.24, 2.45) is 17.8 Å². The summed E-state index contributed by atoms with van der Waals surface area (Å²) in [6.07, 6.45) is 16.4. The third kappa shape index (κ3) is 7.85. The minimum Gasteiger partial charge on any atom is -0.385 e. The van der Waals surface area contributed by atoms with E-state index in [2.05, 4.69) is 10.6 Å². The fraction of sp³-hybridized carbons (Fsp3) is 0.767. The van der Waals surface area contributed by atoms with E-state index < -0.39 is 5.60 Å². The smallest absolute Gasteiger partial charge is 0.317 e. The van der Waals surface area contributed by atoms with Crippen molar-refractivity contribution in [2.75, 3.05) is 26.7 Å². The van der Waals surface area contributed by atoms with Gasteiger partial charge >= 0.3 is 6.03 Å². The van der Waals surface area contributed by atoms with E-state index in [9.17, 15) is 9.90 Å². The van der Waals surface area contributed by atoms with Gasteiger partial charge in [0.1, 0.15) is 0 Å². The predicted octanol–water partition coefficient (Wildman–Crippen LogP) is 6.48. The summed E-state index contributed by atoms with van der Waals surface area (Å²) in [6.45, 7) is 2.14. The number of hydrogen-bond donors (Lipinski definition) is 3. The van der Waals surface area contributed by atoms with Crippen molar-refractivity contribution in [3.63, 3.8) is 0 Å². The van der Waals surface area contributed by atoms with Crippen LogP contribution in [0.4, 0.5) is 4.79 Å². The van der Waals surface area contributed by atoms with Gasteiger partial charge in [-0.2, -0.15) is 0 Å². The molecule has 1 aromatic carbocycles. The van der Waals surface area contributed by atoms with E-state index in [0.29, 0.717) is 11.6 Å². The SMILES string of the molecule is CNCC(CC1CCCCC1)NC(=O)N1CCCC(C(O)(CCCCC2CC2)c2cccc(Cl)c2)C1. The molecule has 3 unspecified atom stereocenters. The Hall–Kier alpha value is -1.30. The van der Waals surface area contributed by atoms with Gasteiger partial charge in [0.2, 0.25) is 0 Å². The van der Waals surface area contributed by atoms with Gasteiger partial charge < -0.3 is 20.6 Å². The predicted molar refractivity (Wildman–Crippen MR) is 148 cm³/mol. The van der Waals surface area contributed by atoms with Gasteiger partial charge in [-0.25, -0.2) is 4.79 Å². The summed E-state index contributed by atoms with van der Waals surface area (Å²) in [5, 5.41) is 19.5. The van der Waals surface area contributed by atoms with Gasteiger partial charge in [-0.1, -0.05) is 87.9 Å². The summed E-state index contributed by atoms with van der Waals surface area (Å²) >= 11 is 6.36. The van der Waals surface area contributed by atoms with Crippen LogP contribution in [0.15, 0.2) is 24.3 Å². The van der Waals surface area contributed by atoms with Crippen molar-refractivity contribution >= 4 is 17.6 Å². The van der Waals surface area contributed by atoms with Crippen molar-refractivity contribution < 1.29 is 9.90 Å². The number of likely N-dealkylation sites (N-methyl/N-ethyl adjacent to an activating group) is 1. The molecule has 36 heavy (non-hydrogen) atoms. The van der Waals surface area contributed by atoms with Crippen molar-refractivity contribution in [1.82, 2.24) is 15.5 Å². The zero-order valence-electron chi connectivity index (χ0n) is 22.3. The Kier molecular flexibility index (Phi) is 10.4. The summed E-state index contributed by atoms with van der Waals surface area (Å²) in [5.74, 6) is 1.64. The standard InChI is InChI=1S/C30H48ClN3O2/c1-32-21-28(19-24-10-3-2-4-11-24)33-29(35)34-18-8-13-26(22-34)30(36,17-6-5-9-23-15-16-23)25-12-7-14-27(31)20-25/h7,12,14,20,23-24,26,28,32,36H,2-6,8-11,13,15-19,21-22H2,1H3,(H,33,35). The van der Waals surface area contributed by atoms with Gasteiger partial charge in [0, 0.05) is 36.6 Å². The number of rotatable bonds is 12. The average Bonchev–Trinajstić information content (AvgIpc) is 3.72. The van der Waals surface area contributed by atoms with Crippen molar-refractivity contribution in [1.29, 1.82) is 0 Å². The molecule has 3 N–H and O–H groups in total. The molecular formula is C30H48ClN3O2. The molecule has 202 valence electrons. The molecule has 0 bridgehead atoms. The summed E-state index contributed by atoms with van der Waals surface area (Å²) in [5.41, 5.74) is -0.0566. The summed E-state index contributed by atoms with van der Waals surface area (Å²) in [6, 6.07) is 7.92. The van der Waals surface area contributed by atoms with Gasteiger partial charge in [0.15, 0.2) is 0 Å². The molecule has 2 saturated carbocycles. The number of nitrogens with zero attached hydrogens (tertiary/aromatic N) is 1. The molecule has 2 aliphatic carbocycles. The topological polar surface area (TPSA) is 64.6 Å². The maximum absolute atomic E-state index is 13.4. The zero-order valence-corrected chi connectivity index (χ0v) is 23.1. The van der Waals surface area contributed by atoms with E-state index in [0.717, 1.165) is 69.0 Å². The second-order valence-electron chi connectivity index (χ2n) is 11.9. The number of likely N-dealkylation sites (tertiary alicyclic amines) is 1.